The lowest BCUT2D eigenvalue weighted by atomic mass is 9.92. The van der Waals surface area contributed by atoms with Crippen LogP contribution in [-0.4, -0.2) is 15.5 Å². The maximum atomic E-state index is 12.5. The summed E-state index contributed by atoms with van der Waals surface area (Å²) in [6.45, 7) is 6.40. The average molecular weight is 297 g/mol. The number of fused-ring (bicyclic) bond motifs is 1. The van der Waals surface area contributed by atoms with Crippen molar-refractivity contribution in [1.82, 2.24) is 9.55 Å². The number of aromatic nitrogens is 2. The Bertz CT molecular complexity index is 755. The predicted octanol–water partition coefficient (Wildman–Crippen LogP) is 4.05. The van der Waals surface area contributed by atoms with Crippen LogP contribution in [0.25, 0.3) is 11.0 Å². The summed E-state index contributed by atoms with van der Waals surface area (Å²) < 4.78 is 2.25. The summed E-state index contributed by atoms with van der Waals surface area (Å²) in [6, 6.07) is 6.79. The van der Waals surface area contributed by atoms with Crippen molar-refractivity contribution in [3.63, 3.8) is 0 Å². The summed E-state index contributed by atoms with van der Waals surface area (Å²) in [5.41, 5.74) is 3.50. The number of benzene rings is 1. The molecule has 0 bridgehead atoms. The SMILES string of the molecule is Cc1ccc2nc(NC(=O)[C@H]3CC3(C)C)n(C3CCC3)c2c1. The van der Waals surface area contributed by atoms with E-state index < -0.39 is 0 Å². The quantitative estimate of drug-likeness (QED) is 0.929. The number of rotatable bonds is 3. The number of nitrogens with zero attached hydrogens (tertiary/aromatic N) is 2. The van der Waals surface area contributed by atoms with Crippen molar-refractivity contribution in [2.75, 3.05) is 5.32 Å². The van der Waals surface area contributed by atoms with Gasteiger partial charge < -0.3 is 4.57 Å². The molecule has 0 radical (unpaired) electrons. The number of carbonyl (C=O) groups is 1. The van der Waals surface area contributed by atoms with E-state index in [0.29, 0.717) is 6.04 Å². The summed E-state index contributed by atoms with van der Waals surface area (Å²) in [7, 11) is 0. The number of hydrogen-bond donors (Lipinski definition) is 1. The van der Waals surface area contributed by atoms with Crippen molar-refractivity contribution < 1.29 is 4.79 Å². The number of anilines is 1. The highest BCUT2D eigenvalue weighted by Gasteiger charge is 2.50. The first-order chi connectivity index (χ1) is 10.5. The van der Waals surface area contributed by atoms with Crippen LogP contribution in [0.2, 0.25) is 0 Å². The first kappa shape index (κ1) is 13.8. The molecule has 0 unspecified atom stereocenters. The number of aryl methyl sites for hydroxylation is 1. The van der Waals surface area contributed by atoms with Gasteiger partial charge in [-0.25, -0.2) is 4.98 Å². The van der Waals surface area contributed by atoms with Crippen LogP contribution >= 0.6 is 0 Å². The predicted molar refractivity (Wildman–Crippen MR) is 87.9 cm³/mol. The number of amides is 1. The Labute approximate surface area is 130 Å². The Morgan fingerprint density at radius 1 is 1.36 bits per heavy atom. The number of hydrogen-bond acceptors (Lipinski definition) is 2. The van der Waals surface area contributed by atoms with Crippen LogP contribution in [0.15, 0.2) is 18.2 Å². The third kappa shape index (κ3) is 2.13. The monoisotopic (exact) mass is 297 g/mol. The lowest BCUT2D eigenvalue weighted by Crippen LogP contribution is -2.23. The second kappa shape index (κ2) is 4.58. The number of imidazole rings is 1. The van der Waals surface area contributed by atoms with Crippen LogP contribution in [0, 0.1) is 18.3 Å². The van der Waals surface area contributed by atoms with Crippen molar-refractivity contribution in [1.29, 1.82) is 0 Å². The topological polar surface area (TPSA) is 46.9 Å². The van der Waals surface area contributed by atoms with Crippen LogP contribution in [0.5, 0.6) is 0 Å². The van der Waals surface area contributed by atoms with Crippen molar-refractivity contribution >= 4 is 22.9 Å². The molecule has 1 aromatic carbocycles. The minimum Gasteiger partial charge on any atom is -0.307 e. The molecule has 116 valence electrons. The van der Waals surface area contributed by atoms with Gasteiger partial charge in [0, 0.05) is 12.0 Å². The fourth-order valence-corrected chi connectivity index (χ4v) is 3.42. The summed E-state index contributed by atoms with van der Waals surface area (Å²) in [6.07, 6.45) is 4.59. The van der Waals surface area contributed by atoms with Gasteiger partial charge in [-0.1, -0.05) is 19.9 Å². The molecule has 1 amide bonds. The Balaban J connectivity index is 1.71. The first-order valence-corrected chi connectivity index (χ1v) is 8.25. The standard InChI is InChI=1S/C18H23N3O/c1-11-7-8-14-15(9-11)21(12-5-4-6-12)17(19-14)20-16(22)13-10-18(13,2)3/h7-9,12-13H,4-6,10H2,1-3H3,(H,19,20,22)/t13-/m1/s1. The summed E-state index contributed by atoms with van der Waals surface area (Å²) in [5.74, 6) is 0.986. The molecule has 1 atom stereocenters. The highest BCUT2D eigenvalue weighted by molar-refractivity contribution is 5.95. The molecule has 22 heavy (non-hydrogen) atoms. The zero-order valence-corrected chi connectivity index (χ0v) is 13.5. The molecule has 1 N–H and O–H groups in total. The third-order valence-corrected chi connectivity index (χ3v) is 5.35. The molecule has 0 spiro atoms. The molecule has 2 saturated carbocycles. The smallest absolute Gasteiger partial charge is 0.230 e. The second-order valence-electron chi connectivity index (χ2n) is 7.62. The van der Waals surface area contributed by atoms with Gasteiger partial charge in [-0.3, -0.25) is 10.1 Å². The molecule has 2 fully saturated rings. The summed E-state index contributed by atoms with van der Waals surface area (Å²) in [4.78, 5) is 17.1. The molecule has 1 heterocycles. The molecule has 4 rings (SSSR count). The van der Waals surface area contributed by atoms with Crippen molar-refractivity contribution in [3.05, 3.63) is 23.8 Å². The fraction of sp³-hybridized carbons (Fsp3) is 0.556. The van der Waals surface area contributed by atoms with E-state index in [0.717, 1.165) is 23.4 Å². The van der Waals surface area contributed by atoms with E-state index in [1.165, 1.54) is 24.8 Å². The van der Waals surface area contributed by atoms with Gasteiger partial charge in [0.05, 0.1) is 11.0 Å². The van der Waals surface area contributed by atoms with Gasteiger partial charge >= 0.3 is 0 Å². The van der Waals surface area contributed by atoms with Gasteiger partial charge in [0.1, 0.15) is 0 Å². The van der Waals surface area contributed by atoms with Crippen LogP contribution in [0.1, 0.15) is 51.1 Å². The van der Waals surface area contributed by atoms with E-state index in [9.17, 15) is 4.79 Å². The number of carbonyl (C=O) groups excluding carboxylic acids is 1. The van der Waals surface area contributed by atoms with Gasteiger partial charge in [0.2, 0.25) is 11.9 Å². The number of nitrogens with one attached hydrogen (secondary N) is 1. The van der Waals surface area contributed by atoms with Crippen molar-refractivity contribution in [3.8, 4) is 0 Å². The Kier molecular flexibility index (Phi) is 2.87. The van der Waals surface area contributed by atoms with Gasteiger partial charge in [-0.05, 0) is 55.7 Å². The minimum atomic E-state index is 0.123. The van der Waals surface area contributed by atoms with E-state index in [1.54, 1.807) is 0 Å². The molecule has 0 aliphatic heterocycles. The summed E-state index contributed by atoms with van der Waals surface area (Å²) in [5, 5.41) is 3.10. The van der Waals surface area contributed by atoms with E-state index in [-0.39, 0.29) is 17.2 Å². The van der Waals surface area contributed by atoms with Crippen molar-refractivity contribution in [2.24, 2.45) is 11.3 Å². The Morgan fingerprint density at radius 2 is 2.09 bits per heavy atom. The van der Waals surface area contributed by atoms with E-state index in [1.807, 2.05) is 0 Å². The minimum absolute atomic E-state index is 0.123. The van der Waals surface area contributed by atoms with E-state index in [4.69, 9.17) is 0 Å². The summed E-state index contributed by atoms with van der Waals surface area (Å²) >= 11 is 0. The third-order valence-electron chi connectivity index (χ3n) is 5.35. The molecule has 2 aliphatic carbocycles. The molecule has 2 aliphatic rings. The second-order valence-corrected chi connectivity index (χ2v) is 7.62. The molecule has 0 saturated heterocycles. The van der Waals surface area contributed by atoms with Crippen molar-refractivity contribution in [2.45, 2.75) is 52.5 Å². The first-order valence-electron chi connectivity index (χ1n) is 8.25. The Hall–Kier alpha value is -1.84. The van der Waals surface area contributed by atoms with E-state index in [2.05, 4.69) is 53.8 Å². The maximum Gasteiger partial charge on any atom is 0.230 e. The van der Waals surface area contributed by atoms with Crippen LogP contribution < -0.4 is 5.32 Å². The molecule has 2 aromatic rings. The normalized spacial score (nSPS) is 23.3. The van der Waals surface area contributed by atoms with Gasteiger partial charge in [0.25, 0.3) is 0 Å². The lowest BCUT2D eigenvalue weighted by molar-refractivity contribution is -0.118. The zero-order valence-electron chi connectivity index (χ0n) is 13.5. The molecular weight excluding hydrogens is 274 g/mol. The molecule has 4 heteroatoms. The van der Waals surface area contributed by atoms with Crippen LogP contribution in [-0.2, 0) is 4.79 Å². The lowest BCUT2D eigenvalue weighted by Gasteiger charge is -2.29. The molecule has 1 aromatic heterocycles. The zero-order chi connectivity index (χ0) is 15.5. The highest BCUT2D eigenvalue weighted by atomic mass is 16.2. The maximum absolute atomic E-state index is 12.5. The van der Waals surface area contributed by atoms with Crippen LogP contribution in [0.4, 0.5) is 5.95 Å². The average Bonchev–Trinajstić information content (AvgIpc) is 2.91. The van der Waals surface area contributed by atoms with Gasteiger partial charge in [0.15, 0.2) is 0 Å². The van der Waals surface area contributed by atoms with E-state index >= 15 is 0 Å². The van der Waals surface area contributed by atoms with Crippen LogP contribution in [0.3, 0.4) is 0 Å². The fourth-order valence-electron chi connectivity index (χ4n) is 3.42. The highest BCUT2D eigenvalue weighted by Crippen LogP contribution is 2.52. The largest absolute Gasteiger partial charge is 0.307 e. The molecular formula is C18H23N3O. The van der Waals surface area contributed by atoms with Gasteiger partial charge in [-0.2, -0.15) is 0 Å². The Morgan fingerprint density at radius 3 is 2.68 bits per heavy atom. The van der Waals surface area contributed by atoms with Gasteiger partial charge in [-0.15, -0.1) is 0 Å². The molecule has 4 nitrogen and oxygen atoms in total.